The van der Waals surface area contributed by atoms with Gasteiger partial charge in [0.15, 0.2) is 5.75 Å². The molecule has 1 aliphatic rings. The lowest BCUT2D eigenvalue weighted by Gasteiger charge is -2.16. The average molecular weight is 454 g/mol. The van der Waals surface area contributed by atoms with Crippen molar-refractivity contribution in [3.8, 4) is 11.5 Å². The molecule has 9 nitrogen and oxygen atoms in total. The molecule has 10 heteroatoms. The second kappa shape index (κ2) is 8.39. The SMILES string of the molecule is CCOC(=O)Oc1c(C(=O)Nc2ccccc2)c(=O)n(C)c2cc3c(SC)c(c12)C(=O)O3. The first kappa shape index (κ1) is 21.4. The van der Waals surface area contributed by atoms with Crippen LogP contribution in [0.4, 0.5) is 10.5 Å². The third-order valence-electron chi connectivity index (χ3n) is 4.88. The highest BCUT2D eigenvalue weighted by molar-refractivity contribution is 7.98. The van der Waals surface area contributed by atoms with Crippen molar-refractivity contribution in [2.24, 2.45) is 7.05 Å². The minimum Gasteiger partial charge on any atom is -0.434 e. The number of aryl methyl sites for hydroxylation is 1. The average Bonchev–Trinajstić information content (AvgIpc) is 2.99. The van der Waals surface area contributed by atoms with Crippen molar-refractivity contribution in [3.63, 3.8) is 0 Å². The monoisotopic (exact) mass is 454 g/mol. The number of carbonyl (C=O) groups excluding carboxylic acids is 3. The molecule has 4 rings (SSSR count). The zero-order valence-corrected chi connectivity index (χ0v) is 18.2. The van der Waals surface area contributed by atoms with Gasteiger partial charge in [-0.05, 0) is 25.3 Å². The number of nitrogens with one attached hydrogen (secondary N) is 1. The number of ether oxygens (including phenoxy) is 3. The number of amides is 1. The van der Waals surface area contributed by atoms with Gasteiger partial charge in [-0.25, -0.2) is 9.59 Å². The quantitative estimate of drug-likeness (QED) is 0.460. The number of pyridine rings is 1. The van der Waals surface area contributed by atoms with Gasteiger partial charge in [0.2, 0.25) is 0 Å². The van der Waals surface area contributed by atoms with Crippen LogP contribution in [-0.4, -0.2) is 35.5 Å². The first-order chi connectivity index (χ1) is 15.4. The van der Waals surface area contributed by atoms with Crippen LogP contribution in [0.2, 0.25) is 0 Å². The highest BCUT2D eigenvalue weighted by Crippen LogP contribution is 2.45. The summed E-state index contributed by atoms with van der Waals surface area (Å²) in [6, 6.07) is 10.00. The number of esters is 1. The molecule has 0 spiro atoms. The number of benzene rings is 2. The van der Waals surface area contributed by atoms with Crippen molar-refractivity contribution < 1.29 is 28.6 Å². The van der Waals surface area contributed by atoms with E-state index in [1.54, 1.807) is 43.5 Å². The Morgan fingerprint density at radius 1 is 1.19 bits per heavy atom. The van der Waals surface area contributed by atoms with E-state index in [9.17, 15) is 19.2 Å². The molecule has 0 aliphatic carbocycles. The molecule has 0 fully saturated rings. The number of carbonyl (C=O) groups is 3. The van der Waals surface area contributed by atoms with E-state index in [0.29, 0.717) is 16.3 Å². The number of fused-ring (bicyclic) bond motifs is 4. The molecule has 3 aromatic rings. The fourth-order valence-electron chi connectivity index (χ4n) is 3.49. The molecule has 2 aromatic carbocycles. The van der Waals surface area contributed by atoms with E-state index in [0.717, 1.165) is 0 Å². The van der Waals surface area contributed by atoms with Gasteiger partial charge < -0.3 is 24.1 Å². The summed E-state index contributed by atoms with van der Waals surface area (Å²) in [6.45, 7) is 1.60. The lowest BCUT2D eigenvalue weighted by Crippen LogP contribution is -2.30. The van der Waals surface area contributed by atoms with Crippen molar-refractivity contribution in [1.82, 2.24) is 4.57 Å². The predicted molar refractivity (Wildman–Crippen MR) is 118 cm³/mol. The minimum atomic E-state index is -1.11. The first-order valence-electron chi connectivity index (χ1n) is 9.58. The minimum absolute atomic E-state index is 0.0161. The summed E-state index contributed by atoms with van der Waals surface area (Å²) in [5.74, 6) is -1.53. The Kier molecular flexibility index (Phi) is 5.62. The summed E-state index contributed by atoms with van der Waals surface area (Å²) in [7, 11) is 1.46. The van der Waals surface area contributed by atoms with Crippen molar-refractivity contribution in [3.05, 3.63) is 57.9 Å². The highest BCUT2D eigenvalue weighted by atomic mass is 32.2. The predicted octanol–water partition coefficient (Wildman–Crippen LogP) is 3.58. The number of hydrogen-bond donors (Lipinski definition) is 1. The topological polar surface area (TPSA) is 113 Å². The van der Waals surface area contributed by atoms with E-state index in [1.165, 1.54) is 29.4 Å². The fourth-order valence-corrected chi connectivity index (χ4v) is 4.18. The van der Waals surface area contributed by atoms with Crippen LogP contribution < -0.4 is 20.3 Å². The van der Waals surface area contributed by atoms with Crippen molar-refractivity contribution in [1.29, 1.82) is 0 Å². The molecule has 0 saturated carbocycles. The van der Waals surface area contributed by atoms with Crippen LogP contribution in [0.5, 0.6) is 11.5 Å². The molecule has 32 heavy (non-hydrogen) atoms. The van der Waals surface area contributed by atoms with Crippen LogP contribution in [0, 0.1) is 0 Å². The number of para-hydroxylation sites is 1. The maximum Gasteiger partial charge on any atom is 0.513 e. The molecule has 1 N–H and O–H groups in total. The number of anilines is 1. The van der Waals surface area contributed by atoms with Gasteiger partial charge in [0.25, 0.3) is 11.5 Å². The van der Waals surface area contributed by atoms with Gasteiger partial charge >= 0.3 is 12.1 Å². The van der Waals surface area contributed by atoms with Crippen molar-refractivity contribution >= 4 is 46.4 Å². The van der Waals surface area contributed by atoms with Gasteiger partial charge in [-0.1, -0.05) is 18.2 Å². The second-order valence-corrected chi connectivity index (χ2v) is 7.56. The Morgan fingerprint density at radius 3 is 2.56 bits per heavy atom. The van der Waals surface area contributed by atoms with E-state index in [1.807, 2.05) is 0 Å². The van der Waals surface area contributed by atoms with Gasteiger partial charge in [0.1, 0.15) is 11.3 Å². The van der Waals surface area contributed by atoms with Gasteiger partial charge in [-0.3, -0.25) is 9.59 Å². The van der Waals surface area contributed by atoms with E-state index >= 15 is 0 Å². The smallest absolute Gasteiger partial charge is 0.434 e. The third-order valence-corrected chi connectivity index (χ3v) is 5.69. The van der Waals surface area contributed by atoms with Crippen LogP contribution in [-0.2, 0) is 11.8 Å². The van der Waals surface area contributed by atoms with Crippen molar-refractivity contribution in [2.75, 3.05) is 18.2 Å². The summed E-state index contributed by atoms with van der Waals surface area (Å²) in [5, 5.41) is 2.74. The molecule has 2 bridgehead atoms. The lowest BCUT2D eigenvalue weighted by molar-refractivity contribution is 0.0754. The molecule has 0 radical (unpaired) electrons. The molecular weight excluding hydrogens is 436 g/mol. The van der Waals surface area contributed by atoms with Gasteiger partial charge in [-0.2, -0.15) is 0 Å². The molecule has 0 saturated heterocycles. The van der Waals surface area contributed by atoms with Gasteiger partial charge in [0.05, 0.1) is 28.0 Å². The van der Waals surface area contributed by atoms with E-state index in [2.05, 4.69) is 5.32 Å². The van der Waals surface area contributed by atoms with E-state index in [-0.39, 0.29) is 28.8 Å². The molecule has 1 aromatic heterocycles. The Balaban J connectivity index is 2.02. The van der Waals surface area contributed by atoms with Gasteiger partial charge in [-0.15, -0.1) is 11.8 Å². The van der Waals surface area contributed by atoms with Gasteiger partial charge in [0, 0.05) is 18.8 Å². The maximum atomic E-state index is 13.2. The molecular formula is C22H18N2O7S. The van der Waals surface area contributed by atoms with Crippen molar-refractivity contribution in [2.45, 2.75) is 11.8 Å². The molecule has 164 valence electrons. The number of nitrogens with zero attached hydrogens (tertiary/aromatic N) is 1. The standard InChI is InChI=1S/C22H18N2O7S/c1-4-29-22(28)31-17-14-12(10-13-18(32-3)15(14)21(27)30-13)24(2)20(26)16(17)19(25)23-11-8-6-5-7-9-11/h5-10H,4H2,1-3H3,(H,23,25). The third kappa shape index (κ3) is 3.48. The Labute approximate surface area is 186 Å². The van der Waals surface area contributed by atoms with Crippen LogP contribution in [0.3, 0.4) is 0 Å². The molecule has 0 atom stereocenters. The molecule has 1 aliphatic heterocycles. The summed E-state index contributed by atoms with van der Waals surface area (Å²) < 4.78 is 16.7. The first-order valence-corrected chi connectivity index (χ1v) is 10.8. The summed E-state index contributed by atoms with van der Waals surface area (Å²) in [5.41, 5.74) is -0.320. The summed E-state index contributed by atoms with van der Waals surface area (Å²) in [6.07, 6.45) is 0.650. The summed E-state index contributed by atoms with van der Waals surface area (Å²) in [4.78, 5) is 51.7. The molecule has 1 amide bonds. The highest BCUT2D eigenvalue weighted by Gasteiger charge is 2.35. The number of rotatable bonds is 5. The summed E-state index contributed by atoms with van der Waals surface area (Å²) >= 11 is 1.26. The maximum absolute atomic E-state index is 13.2. The van der Waals surface area contributed by atoms with Crippen LogP contribution in [0.1, 0.15) is 27.6 Å². The number of thioether (sulfide) groups is 1. The van der Waals surface area contributed by atoms with Crippen LogP contribution in [0.25, 0.3) is 10.9 Å². The zero-order valence-electron chi connectivity index (χ0n) is 17.4. The molecule has 2 heterocycles. The largest absolute Gasteiger partial charge is 0.513 e. The normalized spacial score (nSPS) is 11.9. The zero-order chi connectivity index (χ0) is 23.0. The Bertz CT molecular complexity index is 1330. The number of aromatic nitrogens is 1. The molecule has 0 unspecified atom stereocenters. The Morgan fingerprint density at radius 2 is 1.91 bits per heavy atom. The van der Waals surface area contributed by atoms with E-state index < -0.39 is 29.2 Å². The fraction of sp³-hybridized carbons (Fsp3) is 0.182. The lowest BCUT2D eigenvalue weighted by atomic mass is 10.0. The number of hydrogen-bond acceptors (Lipinski definition) is 8. The second-order valence-electron chi connectivity index (χ2n) is 6.74. The van der Waals surface area contributed by atoms with Crippen LogP contribution in [0.15, 0.2) is 46.1 Å². The van der Waals surface area contributed by atoms with Crippen LogP contribution >= 0.6 is 11.8 Å². The van der Waals surface area contributed by atoms with E-state index in [4.69, 9.17) is 14.2 Å². The Hall–Kier alpha value is -3.79.